The Kier molecular flexibility index (Phi) is 3.96. The molecule has 114 valence electrons. The molecule has 0 aromatic heterocycles. The van der Waals surface area contributed by atoms with E-state index in [-0.39, 0.29) is 17.2 Å². The molecule has 0 spiro atoms. The van der Waals surface area contributed by atoms with Crippen molar-refractivity contribution >= 4 is 21.6 Å². The SMILES string of the molecule is O=C1Cc2cc(S(=O)(=O)NCCc3ccccc3)ccc2N1. The second kappa shape index (κ2) is 5.90. The maximum absolute atomic E-state index is 12.3. The largest absolute Gasteiger partial charge is 0.326 e. The Bertz CT molecular complexity index is 801. The molecule has 1 aliphatic heterocycles. The predicted octanol–water partition coefficient (Wildman–Crippen LogP) is 1.70. The van der Waals surface area contributed by atoms with E-state index in [2.05, 4.69) is 10.0 Å². The highest BCUT2D eigenvalue weighted by Gasteiger charge is 2.21. The summed E-state index contributed by atoms with van der Waals surface area (Å²) in [6, 6.07) is 14.4. The lowest BCUT2D eigenvalue weighted by molar-refractivity contribution is -0.115. The van der Waals surface area contributed by atoms with Gasteiger partial charge in [0.05, 0.1) is 11.3 Å². The molecular formula is C16H16N2O3S. The molecule has 0 saturated heterocycles. The lowest BCUT2D eigenvalue weighted by Crippen LogP contribution is -2.26. The number of amides is 1. The standard InChI is InChI=1S/C16H16N2O3S/c19-16-11-13-10-14(6-7-15(13)18-16)22(20,21)17-9-8-12-4-2-1-3-5-12/h1-7,10,17H,8-9,11H2,(H,18,19). The fraction of sp³-hybridized carbons (Fsp3) is 0.188. The molecular weight excluding hydrogens is 300 g/mol. The molecule has 0 atom stereocenters. The molecule has 3 rings (SSSR count). The van der Waals surface area contributed by atoms with Gasteiger partial charge in [0.25, 0.3) is 0 Å². The molecule has 0 saturated carbocycles. The fourth-order valence-corrected chi connectivity index (χ4v) is 3.51. The zero-order valence-corrected chi connectivity index (χ0v) is 12.7. The van der Waals surface area contributed by atoms with E-state index < -0.39 is 10.0 Å². The van der Waals surface area contributed by atoms with Crippen LogP contribution in [0.5, 0.6) is 0 Å². The van der Waals surface area contributed by atoms with Crippen molar-refractivity contribution in [2.45, 2.75) is 17.7 Å². The highest BCUT2D eigenvalue weighted by Crippen LogP contribution is 2.25. The highest BCUT2D eigenvalue weighted by atomic mass is 32.2. The van der Waals surface area contributed by atoms with Crippen molar-refractivity contribution < 1.29 is 13.2 Å². The van der Waals surface area contributed by atoms with Crippen LogP contribution >= 0.6 is 0 Å². The average Bonchev–Trinajstić information content (AvgIpc) is 2.87. The quantitative estimate of drug-likeness (QED) is 0.881. The molecule has 2 aromatic rings. The summed E-state index contributed by atoms with van der Waals surface area (Å²) in [6.07, 6.45) is 0.855. The molecule has 22 heavy (non-hydrogen) atoms. The Morgan fingerprint density at radius 1 is 1.09 bits per heavy atom. The number of rotatable bonds is 5. The monoisotopic (exact) mass is 316 g/mol. The molecule has 5 nitrogen and oxygen atoms in total. The molecule has 2 N–H and O–H groups in total. The normalized spacial score (nSPS) is 13.7. The molecule has 6 heteroatoms. The summed E-state index contributed by atoms with van der Waals surface area (Å²) in [4.78, 5) is 11.5. The zero-order valence-electron chi connectivity index (χ0n) is 11.9. The summed E-state index contributed by atoms with van der Waals surface area (Å²) in [5.74, 6) is -0.110. The van der Waals surface area contributed by atoms with Gasteiger partial charge in [-0.2, -0.15) is 0 Å². The molecule has 0 radical (unpaired) electrons. The summed E-state index contributed by atoms with van der Waals surface area (Å²) in [5, 5.41) is 2.69. The van der Waals surface area contributed by atoms with E-state index in [1.807, 2.05) is 30.3 Å². The molecule has 1 aliphatic rings. The number of benzene rings is 2. The van der Waals surface area contributed by atoms with Gasteiger partial charge in [-0.25, -0.2) is 13.1 Å². The van der Waals surface area contributed by atoms with Gasteiger partial charge in [0.1, 0.15) is 0 Å². The van der Waals surface area contributed by atoms with Crippen LogP contribution in [0.4, 0.5) is 5.69 Å². The van der Waals surface area contributed by atoms with Crippen LogP contribution in [0.3, 0.4) is 0 Å². The van der Waals surface area contributed by atoms with Crippen molar-refractivity contribution in [3.8, 4) is 0 Å². The van der Waals surface area contributed by atoms with Crippen LogP contribution in [0.2, 0.25) is 0 Å². The van der Waals surface area contributed by atoms with Gasteiger partial charge in [-0.15, -0.1) is 0 Å². The average molecular weight is 316 g/mol. The fourth-order valence-electron chi connectivity index (χ4n) is 2.43. The summed E-state index contributed by atoms with van der Waals surface area (Å²) < 4.78 is 27.2. The van der Waals surface area contributed by atoms with Gasteiger partial charge in [0.2, 0.25) is 15.9 Å². The van der Waals surface area contributed by atoms with Gasteiger partial charge >= 0.3 is 0 Å². The van der Waals surface area contributed by atoms with Gasteiger partial charge < -0.3 is 5.32 Å². The third-order valence-electron chi connectivity index (χ3n) is 3.56. The van der Waals surface area contributed by atoms with Gasteiger partial charge in [0, 0.05) is 12.2 Å². The van der Waals surface area contributed by atoms with Crippen molar-refractivity contribution in [1.82, 2.24) is 4.72 Å². The molecule has 0 bridgehead atoms. The maximum Gasteiger partial charge on any atom is 0.240 e. The third-order valence-corrected chi connectivity index (χ3v) is 5.02. The van der Waals surface area contributed by atoms with E-state index in [9.17, 15) is 13.2 Å². The second-order valence-corrected chi connectivity index (χ2v) is 6.94. The first-order valence-electron chi connectivity index (χ1n) is 7.01. The minimum atomic E-state index is -3.56. The summed E-state index contributed by atoms with van der Waals surface area (Å²) in [6.45, 7) is 0.334. The van der Waals surface area contributed by atoms with Crippen LogP contribution < -0.4 is 10.0 Å². The number of hydrogen-bond acceptors (Lipinski definition) is 3. The topological polar surface area (TPSA) is 75.3 Å². The Hall–Kier alpha value is -2.18. The molecule has 2 aromatic carbocycles. The van der Waals surface area contributed by atoms with E-state index >= 15 is 0 Å². The number of nitrogens with one attached hydrogen (secondary N) is 2. The summed E-state index contributed by atoms with van der Waals surface area (Å²) in [7, 11) is -3.56. The lowest BCUT2D eigenvalue weighted by atomic mass is 10.2. The number of carbonyl (C=O) groups is 1. The third kappa shape index (κ3) is 3.18. The van der Waals surface area contributed by atoms with E-state index in [4.69, 9.17) is 0 Å². The lowest BCUT2D eigenvalue weighted by Gasteiger charge is -2.08. The highest BCUT2D eigenvalue weighted by molar-refractivity contribution is 7.89. The molecule has 0 unspecified atom stereocenters. The van der Waals surface area contributed by atoms with Crippen molar-refractivity contribution in [3.05, 3.63) is 59.7 Å². The Labute approximate surface area is 129 Å². The summed E-state index contributed by atoms with van der Waals surface area (Å²) in [5.41, 5.74) is 2.48. The van der Waals surface area contributed by atoms with Crippen molar-refractivity contribution in [2.75, 3.05) is 11.9 Å². The van der Waals surface area contributed by atoms with E-state index in [0.29, 0.717) is 18.7 Å². The molecule has 1 heterocycles. The molecule has 0 fully saturated rings. The van der Waals surface area contributed by atoms with Gasteiger partial charge in [-0.3, -0.25) is 4.79 Å². The number of carbonyl (C=O) groups excluding carboxylic acids is 1. The summed E-state index contributed by atoms with van der Waals surface area (Å²) >= 11 is 0. The predicted molar refractivity (Wildman–Crippen MR) is 84.1 cm³/mol. The first kappa shape index (κ1) is 14.7. The van der Waals surface area contributed by atoms with E-state index in [1.165, 1.54) is 6.07 Å². The minimum absolute atomic E-state index is 0.110. The van der Waals surface area contributed by atoms with Gasteiger partial charge in [-0.1, -0.05) is 30.3 Å². The number of fused-ring (bicyclic) bond motifs is 1. The van der Waals surface area contributed by atoms with Crippen LogP contribution in [-0.4, -0.2) is 20.9 Å². The molecule has 0 aliphatic carbocycles. The Balaban J connectivity index is 1.68. The first-order valence-corrected chi connectivity index (χ1v) is 8.49. The maximum atomic E-state index is 12.3. The van der Waals surface area contributed by atoms with Crippen molar-refractivity contribution in [2.24, 2.45) is 0 Å². The number of anilines is 1. The van der Waals surface area contributed by atoms with E-state index in [0.717, 1.165) is 11.1 Å². The van der Waals surface area contributed by atoms with Crippen molar-refractivity contribution in [3.63, 3.8) is 0 Å². The minimum Gasteiger partial charge on any atom is -0.326 e. The van der Waals surface area contributed by atoms with Crippen LogP contribution in [-0.2, 0) is 27.7 Å². The zero-order chi connectivity index (χ0) is 15.6. The number of hydrogen-bond donors (Lipinski definition) is 2. The Morgan fingerprint density at radius 2 is 1.86 bits per heavy atom. The van der Waals surface area contributed by atoms with Crippen LogP contribution in [0.25, 0.3) is 0 Å². The van der Waals surface area contributed by atoms with E-state index in [1.54, 1.807) is 12.1 Å². The molecule has 1 amide bonds. The van der Waals surface area contributed by atoms with Crippen LogP contribution in [0.15, 0.2) is 53.4 Å². The Morgan fingerprint density at radius 3 is 2.64 bits per heavy atom. The van der Waals surface area contributed by atoms with Crippen molar-refractivity contribution in [1.29, 1.82) is 0 Å². The second-order valence-electron chi connectivity index (χ2n) is 5.18. The first-order chi connectivity index (χ1) is 10.5. The van der Waals surface area contributed by atoms with Crippen LogP contribution in [0.1, 0.15) is 11.1 Å². The van der Waals surface area contributed by atoms with Gasteiger partial charge in [0.15, 0.2) is 0 Å². The van der Waals surface area contributed by atoms with Crippen LogP contribution in [0, 0.1) is 0 Å². The smallest absolute Gasteiger partial charge is 0.240 e. The number of sulfonamides is 1. The van der Waals surface area contributed by atoms with Gasteiger partial charge in [-0.05, 0) is 35.7 Å².